The second-order valence-corrected chi connectivity index (χ2v) is 8.57. The normalized spacial score (nSPS) is 14.8. The van der Waals surface area contributed by atoms with Gasteiger partial charge in [-0.2, -0.15) is 0 Å². The average molecular weight is 426 g/mol. The second-order valence-electron chi connectivity index (χ2n) is 7.56. The van der Waals surface area contributed by atoms with Crippen molar-refractivity contribution in [3.8, 4) is 5.75 Å². The number of carbonyl (C=O) groups is 1. The minimum absolute atomic E-state index is 0.0423. The lowest BCUT2D eigenvalue weighted by Crippen LogP contribution is -2.43. The predicted molar refractivity (Wildman–Crippen MR) is 121 cm³/mol. The molecular weight excluding hydrogens is 398 g/mol. The van der Waals surface area contributed by atoms with E-state index in [1.54, 1.807) is 18.4 Å². The number of amides is 1. The standard InChI is InChI=1S/C23H27N3O3S/c1-16-14-17(2)21-20(15-16)30-23(24-21)26(9-8-25-10-12-29-13-11-25)22(27)18-4-6-19(28-3)7-5-18/h4-7,14-15H,8-13H2,1-3H3. The van der Waals surface area contributed by atoms with E-state index < -0.39 is 0 Å². The molecule has 0 unspecified atom stereocenters. The zero-order valence-corrected chi connectivity index (χ0v) is 18.5. The van der Waals surface area contributed by atoms with Crippen LogP contribution in [0.1, 0.15) is 21.5 Å². The molecule has 2 aromatic carbocycles. The van der Waals surface area contributed by atoms with Crippen LogP contribution in [0, 0.1) is 13.8 Å². The molecule has 2 heterocycles. The van der Waals surface area contributed by atoms with E-state index in [1.807, 2.05) is 29.2 Å². The number of nitrogens with zero attached hydrogens (tertiary/aromatic N) is 3. The Bertz CT molecular complexity index is 1030. The third-order valence-corrected chi connectivity index (χ3v) is 6.40. The van der Waals surface area contributed by atoms with Crippen molar-refractivity contribution in [1.82, 2.24) is 9.88 Å². The molecule has 0 N–H and O–H groups in total. The maximum Gasteiger partial charge on any atom is 0.260 e. The summed E-state index contributed by atoms with van der Waals surface area (Å²) in [5, 5.41) is 0.743. The average Bonchev–Trinajstić information content (AvgIpc) is 3.18. The second kappa shape index (κ2) is 9.12. The number of hydrogen-bond donors (Lipinski definition) is 0. The summed E-state index contributed by atoms with van der Waals surface area (Å²) in [5.41, 5.74) is 3.94. The van der Waals surface area contributed by atoms with Gasteiger partial charge in [0.1, 0.15) is 5.75 Å². The van der Waals surface area contributed by atoms with Crippen molar-refractivity contribution in [3.05, 3.63) is 53.1 Å². The predicted octanol–water partition coefficient (Wildman–Crippen LogP) is 3.90. The molecule has 1 fully saturated rings. The zero-order valence-electron chi connectivity index (χ0n) is 17.7. The molecule has 1 aromatic heterocycles. The van der Waals surface area contributed by atoms with Gasteiger partial charge in [0, 0.05) is 31.7 Å². The van der Waals surface area contributed by atoms with E-state index in [0.29, 0.717) is 12.1 Å². The highest BCUT2D eigenvalue weighted by Gasteiger charge is 2.23. The number of methoxy groups -OCH3 is 1. The molecule has 0 spiro atoms. The van der Waals surface area contributed by atoms with Gasteiger partial charge in [-0.25, -0.2) is 4.98 Å². The summed E-state index contributed by atoms with van der Waals surface area (Å²) in [6.07, 6.45) is 0. The van der Waals surface area contributed by atoms with Gasteiger partial charge in [-0.05, 0) is 55.3 Å². The van der Waals surface area contributed by atoms with E-state index in [-0.39, 0.29) is 5.91 Å². The molecule has 6 nitrogen and oxygen atoms in total. The molecule has 30 heavy (non-hydrogen) atoms. The van der Waals surface area contributed by atoms with Crippen molar-refractivity contribution in [2.45, 2.75) is 13.8 Å². The summed E-state index contributed by atoms with van der Waals surface area (Å²) in [5.74, 6) is 0.692. The molecule has 1 amide bonds. The van der Waals surface area contributed by atoms with Crippen molar-refractivity contribution >= 4 is 32.6 Å². The van der Waals surface area contributed by atoms with Crippen molar-refractivity contribution in [1.29, 1.82) is 0 Å². The van der Waals surface area contributed by atoms with Crippen LogP contribution in [0.5, 0.6) is 5.75 Å². The Kier molecular flexibility index (Phi) is 6.32. The van der Waals surface area contributed by atoms with Crippen LogP contribution in [0.2, 0.25) is 0 Å². The highest BCUT2D eigenvalue weighted by molar-refractivity contribution is 7.22. The number of aromatic nitrogens is 1. The number of morpholine rings is 1. The highest BCUT2D eigenvalue weighted by Crippen LogP contribution is 2.32. The third kappa shape index (κ3) is 4.48. The fourth-order valence-corrected chi connectivity index (χ4v) is 4.88. The molecule has 158 valence electrons. The summed E-state index contributed by atoms with van der Waals surface area (Å²) >= 11 is 1.58. The lowest BCUT2D eigenvalue weighted by Gasteiger charge is -2.29. The topological polar surface area (TPSA) is 54.9 Å². The minimum Gasteiger partial charge on any atom is -0.497 e. The molecule has 1 aliphatic heterocycles. The monoisotopic (exact) mass is 425 g/mol. The van der Waals surface area contributed by atoms with Gasteiger partial charge in [-0.3, -0.25) is 14.6 Å². The first-order valence-electron chi connectivity index (χ1n) is 10.2. The Balaban J connectivity index is 1.65. The summed E-state index contributed by atoms with van der Waals surface area (Å²) < 4.78 is 11.8. The van der Waals surface area contributed by atoms with Crippen molar-refractivity contribution < 1.29 is 14.3 Å². The first-order chi connectivity index (χ1) is 14.5. The number of ether oxygens (including phenoxy) is 2. The number of aryl methyl sites for hydroxylation is 2. The first-order valence-corrected chi connectivity index (χ1v) is 11.0. The summed E-state index contributed by atoms with van der Waals surface area (Å²) in [7, 11) is 1.62. The van der Waals surface area contributed by atoms with Crippen molar-refractivity contribution in [2.24, 2.45) is 0 Å². The van der Waals surface area contributed by atoms with E-state index in [0.717, 1.165) is 59.5 Å². The number of benzene rings is 2. The van der Waals surface area contributed by atoms with Gasteiger partial charge < -0.3 is 9.47 Å². The van der Waals surface area contributed by atoms with Crippen LogP contribution in [0.25, 0.3) is 10.2 Å². The molecule has 1 aliphatic rings. The molecule has 0 atom stereocenters. The molecule has 0 radical (unpaired) electrons. The van der Waals surface area contributed by atoms with Crippen molar-refractivity contribution in [3.63, 3.8) is 0 Å². The number of hydrogen-bond acceptors (Lipinski definition) is 6. The Morgan fingerprint density at radius 3 is 2.63 bits per heavy atom. The molecule has 3 aromatic rings. The number of anilines is 1. The fourth-order valence-electron chi connectivity index (χ4n) is 3.71. The van der Waals surface area contributed by atoms with Crippen LogP contribution in [-0.4, -0.2) is 62.3 Å². The Labute approximate surface area is 181 Å². The smallest absolute Gasteiger partial charge is 0.260 e. The molecule has 7 heteroatoms. The van der Waals surface area contributed by atoms with Crippen LogP contribution >= 0.6 is 11.3 Å². The van der Waals surface area contributed by atoms with Gasteiger partial charge in [-0.15, -0.1) is 0 Å². The largest absolute Gasteiger partial charge is 0.497 e. The Morgan fingerprint density at radius 2 is 1.93 bits per heavy atom. The number of carbonyl (C=O) groups excluding carboxylic acids is 1. The Hall–Kier alpha value is -2.48. The van der Waals surface area contributed by atoms with Crippen LogP contribution < -0.4 is 9.64 Å². The number of rotatable bonds is 6. The molecule has 4 rings (SSSR count). The van der Waals surface area contributed by atoms with Crippen LogP contribution in [-0.2, 0) is 4.74 Å². The highest BCUT2D eigenvalue weighted by atomic mass is 32.1. The van der Waals surface area contributed by atoms with Crippen LogP contribution in [0.15, 0.2) is 36.4 Å². The van der Waals surface area contributed by atoms with Gasteiger partial charge in [0.25, 0.3) is 5.91 Å². The van der Waals surface area contributed by atoms with Gasteiger partial charge in [-0.1, -0.05) is 17.4 Å². The van der Waals surface area contributed by atoms with Crippen LogP contribution in [0.4, 0.5) is 5.13 Å². The summed E-state index contributed by atoms with van der Waals surface area (Å²) in [4.78, 5) is 22.5. The molecular formula is C23H27N3O3S. The van der Waals surface area contributed by atoms with E-state index in [2.05, 4.69) is 30.9 Å². The number of thiazole rings is 1. The maximum atomic E-state index is 13.5. The molecule has 0 aliphatic carbocycles. The Morgan fingerprint density at radius 1 is 1.20 bits per heavy atom. The van der Waals surface area contributed by atoms with E-state index >= 15 is 0 Å². The van der Waals surface area contributed by atoms with Gasteiger partial charge in [0.05, 0.1) is 30.5 Å². The summed E-state index contributed by atoms with van der Waals surface area (Å²) in [6.45, 7) is 8.80. The lowest BCUT2D eigenvalue weighted by molar-refractivity contribution is 0.0391. The van der Waals surface area contributed by atoms with E-state index in [4.69, 9.17) is 14.5 Å². The zero-order chi connectivity index (χ0) is 21.1. The van der Waals surface area contributed by atoms with Gasteiger partial charge >= 0.3 is 0 Å². The first kappa shape index (κ1) is 20.8. The van der Waals surface area contributed by atoms with E-state index in [9.17, 15) is 4.79 Å². The summed E-state index contributed by atoms with van der Waals surface area (Å²) in [6, 6.07) is 11.5. The van der Waals surface area contributed by atoms with E-state index in [1.165, 1.54) is 5.56 Å². The van der Waals surface area contributed by atoms with Gasteiger partial charge in [0.2, 0.25) is 0 Å². The fraction of sp³-hybridized carbons (Fsp3) is 0.391. The molecule has 0 saturated carbocycles. The minimum atomic E-state index is -0.0423. The molecule has 1 saturated heterocycles. The molecule has 0 bridgehead atoms. The van der Waals surface area contributed by atoms with Gasteiger partial charge in [0.15, 0.2) is 5.13 Å². The lowest BCUT2D eigenvalue weighted by atomic mass is 10.1. The van der Waals surface area contributed by atoms with Crippen LogP contribution in [0.3, 0.4) is 0 Å². The maximum absolute atomic E-state index is 13.5. The number of fused-ring (bicyclic) bond motifs is 1. The quantitative estimate of drug-likeness (QED) is 0.600. The van der Waals surface area contributed by atoms with Crippen molar-refractivity contribution in [2.75, 3.05) is 51.4 Å². The SMILES string of the molecule is COc1ccc(C(=O)N(CCN2CCOCC2)c2nc3c(C)cc(C)cc3s2)cc1. The third-order valence-electron chi connectivity index (χ3n) is 5.38.